The fourth-order valence-corrected chi connectivity index (χ4v) is 4.42. The number of piperazine rings is 1. The van der Waals surface area contributed by atoms with E-state index in [9.17, 15) is 14.7 Å². The molecule has 0 aromatic heterocycles. The molecule has 2 amide bonds. The first-order chi connectivity index (χ1) is 13.4. The van der Waals surface area contributed by atoms with Crippen molar-refractivity contribution in [3.8, 4) is 5.75 Å². The average molecular weight is 408 g/mol. The predicted molar refractivity (Wildman–Crippen MR) is 109 cm³/mol. The highest BCUT2D eigenvalue weighted by Gasteiger charge is 2.55. The Bertz CT molecular complexity index is 728. The van der Waals surface area contributed by atoms with E-state index in [2.05, 4.69) is 24.1 Å². The molecule has 1 saturated heterocycles. The molecule has 1 aliphatic carbocycles. The number of benzene rings is 1. The highest BCUT2D eigenvalue weighted by atomic mass is 35.5. The van der Waals surface area contributed by atoms with Crippen molar-refractivity contribution < 1.29 is 14.7 Å². The fraction of sp³-hybridized carbons (Fsp3) is 0.619. The molecule has 0 radical (unpaired) electrons. The van der Waals surface area contributed by atoms with Crippen molar-refractivity contribution >= 4 is 23.4 Å². The molecule has 1 aromatic carbocycles. The lowest BCUT2D eigenvalue weighted by molar-refractivity contribution is -0.134. The van der Waals surface area contributed by atoms with Crippen molar-refractivity contribution in [1.82, 2.24) is 15.1 Å². The van der Waals surface area contributed by atoms with E-state index in [1.807, 2.05) is 0 Å². The maximum atomic E-state index is 12.4. The second-order valence-corrected chi connectivity index (χ2v) is 8.41. The molecule has 7 heteroatoms. The number of amides is 2. The largest absolute Gasteiger partial charge is 0.508 e. The van der Waals surface area contributed by atoms with Crippen molar-refractivity contribution in [2.24, 2.45) is 11.3 Å². The number of carbonyl (C=O) groups is 2. The van der Waals surface area contributed by atoms with Crippen LogP contribution in [-0.2, 0) is 16.1 Å². The normalized spacial score (nSPS) is 21.4. The maximum Gasteiger partial charge on any atom is 0.242 e. The van der Waals surface area contributed by atoms with Crippen LogP contribution in [0, 0.1) is 11.3 Å². The molecule has 2 fully saturated rings. The summed E-state index contributed by atoms with van der Waals surface area (Å²) in [6.07, 6.45) is 2.97. The molecule has 3 rings (SSSR count). The van der Waals surface area contributed by atoms with E-state index < -0.39 is 0 Å². The number of carbonyl (C=O) groups excluding carboxylic acids is 2. The number of phenolic OH excluding ortho intramolecular Hbond substituents is 1. The van der Waals surface area contributed by atoms with E-state index in [-0.39, 0.29) is 35.4 Å². The molecule has 0 spiro atoms. The molecule has 2 aliphatic rings. The lowest BCUT2D eigenvalue weighted by Crippen LogP contribution is -2.51. The van der Waals surface area contributed by atoms with Gasteiger partial charge in [0.2, 0.25) is 11.8 Å². The number of hydrogen-bond donors (Lipinski definition) is 2. The Balaban J connectivity index is 1.42. The smallest absolute Gasteiger partial charge is 0.242 e. The minimum Gasteiger partial charge on any atom is -0.508 e. The van der Waals surface area contributed by atoms with Gasteiger partial charge in [0.1, 0.15) is 5.75 Å². The summed E-state index contributed by atoms with van der Waals surface area (Å²) in [4.78, 5) is 28.8. The minimum absolute atomic E-state index is 0.0205. The number of nitrogens with zero attached hydrogens (tertiary/aromatic N) is 2. The first kappa shape index (κ1) is 20.9. The lowest BCUT2D eigenvalue weighted by atomic mass is 9.97. The van der Waals surface area contributed by atoms with Crippen LogP contribution < -0.4 is 5.32 Å². The SMILES string of the molecule is CCC1(CC)CC1C(=O)NCC(=O)N1CCN(Cc2cc(Cl)ccc2O)CC1. The highest BCUT2D eigenvalue weighted by Crippen LogP contribution is 2.57. The zero-order valence-electron chi connectivity index (χ0n) is 16.7. The molecule has 2 N–H and O–H groups in total. The molecule has 1 unspecified atom stereocenters. The van der Waals surface area contributed by atoms with Crippen molar-refractivity contribution in [3.63, 3.8) is 0 Å². The van der Waals surface area contributed by atoms with Gasteiger partial charge >= 0.3 is 0 Å². The van der Waals surface area contributed by atoms with Gasteiger partial charge in [-0.3, -0.25) is 14.5 Å². The van der Waals surface area contributed by atoms with E-state index in [4.69, 9.17) is 11.6 Å². The molecule has 1 atom stereocenters. The van der Waals surface area contributed by atoms with Crippen LogP contribution >= 0.6 is 11.6 Å². The molecular weight excluding hydrogens is 378 g/mol. The van der Waals surface area contributed by atoms with E-state index in [0.29, 0.717) is 24.7 Å². The van der Waals surface area contributed by atoms with Crippen LogP contribution in [0.5, 0.6) is 5.75 Å². The number of halogens is 1. The molecular formula is C21H30ClN3O3. The zero-order valence-corrected chi connectivity index (χ0v) is 17.5. The summed E-state index contributed by atoms with van der Waals surface area (Å²) in [6, 6.07) is 5.04. The molecule has 1 saturated carbocycles. The van der Waals surface area contributed by atoms with Gasteiger partial charge in [-0.25, -0.2) is 0 Å². The molecule has 6 nitrogen and oxygen atoms in total. The summed E-state index contributed by atoms with van der Waals surface area (Å²) in [6.45, 7) is 7.62. The molecule has 1 aliphatic heterocycles. The molecule has 154 valence electrons. The first-order valence-electron chi connectivity index (χ1n) is 10.1. The Kier molecular flexibility index (Phi) is 6.50. The monoisotopic (exact) mass is 407 g/mol. The van der Waals surface area contributed by atoms with Gasteiger partial charge in [0.05, 0.1) is 6.54 Å². The van der Waals surface area contributed by atoms with Gasteiger partial charge in [-0.1, -0.05) is 25.4 Å². The summed E-state index contributed by atoms with van der Waals surface area (Å²) in [5.74, 6) is 0.295. The third kappa shape index (κ3) is 4.61. The standard InChI is InChI=1S/C21H30ClN3O3/c1-3-21(4-2)12-17(21)20(28)23-13-19(27)25-9-7-24(8-10-25)14-15-11-16(22)5-6-18(15)26/h5-6,11,17,26H,3-4,7-10,12-14H2,1-2H3,(H,23,28). The number of hydrogen-bond acceptors (Lipinski definition) is 4. The Morgan fingerprint density at radius 1 is 1.21 bits per heavy atom. The molecule has 28 heavy (non-hydrogen) atoms. The second-order valence-electron chi connectivity index (χ2n) is 7.97. The Morgan fingerprint density at radius 3 is 2.50 bits per heavy atom. The van der Waals surface area contributed by atoms with Crippen LogP contribution in [0.1, 0.15) is 38.7 Å². The quantitative estimate of drug-likeness (QED) is 0.728. The topological polar surface area (TPSA) is 72.9 Å². The van der Waals surface area contributed by atoms with Crippen LogP contribution in [0.2, 0.25) is 5.02 Å². The van der Waals surface area contributed by atoms with Gasteiger partial charge in [-0.15, -0.1) is 0 Å². The average Bonchev–Trinajstić information content (AvgIpc) is 3.45. The number of phenols is 1. The Hall–Kier alpha value is -1.79. The number of rotatable bonds is 7. The van der Waals surface area contributed by atoms with Crippen molar-refractivity contribution in [2.45, 2.75) is 39.7 Å². The van der Waals surface area contributed by atoms with Crippen molar-refractivity contribution in [2.75, 3.05) is 32.7 Å². The van der Waals surface area contributed by atoms with Gasteiger partial charge in [0.15, 0.2) is 0 Å². The van der Waals surface area contributed by atoms with Gasteiger partial charge < -0.3 is 15.3 Å². The third-order valence-corrected chi connectivity index (χ3v) is 6.72. The van der Waals surface area contributed by atoms with E-state index in [0.717, 1.165) is 37.9 Å². The summed E-state index contributed by atoms with van der Waals surface area (Å²) >= 11 is 6.01. The fourth-order valence-electron chi connectivity index (χ4n) is 4.22. The summed E-state index contributed by atoms with van der Waals surface area (Å²) in [5, 5.41) is 13.4. The summed E-state index contributed by atoms with van der Waals surface area (Å²) < 4.78 is 0. The van der Waals surface area contributed by atoms with Gasteiger partial charge in [0, 0.05) is 49.2 Å². The first-order valence-corrected chi connectivity index (χ1v) is 10.5. The summed E-state index contributed by atoms with van der Waals surface area (Å²) in [7, 11) is 0. The van der Waals surface area contributed by atoms with Crippen LogP contribution in [0.4, 0.5) is 0 Å². The molecule has 1 aromatic rings. The van der Waals surface area contributed by atoms with E-state index in [1.54, 1.807) is 23.1 Å². The maximum absolute atomic E-state index is 12.4. The van der Waals surface area contributed by atoms with Crippen LogP contribution in [0.25, 0.3) is 0 Å². The van der Waals surface area contributed by atoms with Crippen LogP contribution in [0.3, 0.4) is 0 Å². The molecule has 0 bridgehead atoms. The van der Waals surface area contributed by atoms with E-state index in [1.165, 1.54) is 0 Å². The second kappa shape index (κ2) is 8.70. The van der Waals surface area contributed by atoms with E-state index >= 15 is 0 Å². The van der Waals surface area contributed by atoms with Crippen LogP contribution in [0.15, 0.2) is 18.2 Å². The number of nitrogens with one attached hydrogen (secondary N) is 1. The van der Waals surface area contributed by atoms with Gasteiger partial charge in [-0.05, 0) is 42.9 Å². The van der Waals surface area contributed by atoms with Gasteiger partial charge in [0.25, 0.3) is 0 Å². The van der Waals surface area contributed by atoms with Crippen molar-refractivity contribution in [1.29, 1.82) is 0 Å². The lowest BCUT2D eigenvalue weighted by Gasteiger charge is -2.35. The Morgan fingerprint density at radius 2 is 1.89 bits per heavy atom. The zero-order chi connectivity index (χ0) is 20.3. The Labute approximate surface area is 171 Å². The third-order valence-electron chi connectivity index (χ3n) is 6.49. The summed E-state index contributed by atoms with van der Waals surface area (Å²) in [5.41, 5.74) is 0.948. The minimum atomic E-state index is -0.0298. The van der Waals surface area contributed by atoms with Crippen LogP contribution in [-0.4, -0.2) is 59.4 Å². The van der Waals surface area contributed by atoms with Crippen molar-refractivity contribution in [3.05, 3.63) is 28.8 Å². The molecule has 1 heterocycles. The van der Waals surface area contributed by atoms with Gasteiger partial charge in [-0.2, -0.15) is 0 Å². The predicted octanol–water partition coefficient (Wildman–Crippen LogP) is 2.63. The number of aromatic hydroxyl groups is 1. The highest BCUT2D eigenvalue weighted by molar-refractivity contribution is 6.30.